The highest BCUT2D eigenvalue weighted by atomic mass is 16.2. The molecule has 210 valence electrons. The maximum absolute atomic E-state index is 13.0. The number of nitrogens with two attached hydrogens (primary N) is 1. The Labute approximate surface area is 234 Å². The smallest absolute Gasteiger partial charge is 0.251 e. The van der Waals surface area contributed by atoms with E-state index in [1.807, 2.05) is 26.8 Å². The molecule has 5 N–H and O–H groups in total. The molecule has 0 atom stereocenters. The molecule has 0 saturated heterocycles. The maximum Gasteiger partial charge on any atom is 0.251 e. The Morgan fingerprint density at radius 1 is 1.10 bits per heavy atom. The SMILES string of the molecule is CC(=O)NC1CCC(CNc2c(C)c(C(N)=O)cc(-c3ccc(C=O)nc3)c2Cc2c(C)cc(C)[nH]c2=O)CC1. The highest BCUT2D eigenvalue weighted by Gasteiger charge is 2.25. The van der Waals surface area contributed by atoms with Crippen LogP contribution in [0.3, 0.4) is 0 Å². The molecule has 1 saturated carbocycles. The predicted octanol–water partition coefficient (Wildman–Crippen LogP) is 3.97. The zero-order valence-electron chi connectivity index (χ0n) is 23.5. The summed E-state index contributed by atoms with van der Waals surface area (Å²) in [6, 6.07) is 7.32. The normalized spacial score (nSPS) is 16.8. The zero-order valence-corrected chi connectivity index (χ0v) is 23.5. The van der Waals surface area contributed by atoms with Crippen LogP contribution in [0.5, 0.6) is 0 Å². The summed E-state index contributed by atoms with van der Waals surface area (Å²) in [6.45, 7) is 7.85. The van der Waals surface area contributed by atoms with Gasteiger partial charge in [0.15, 0.2) is 6.29 Å². The van der Waals surface area contributed by atoms with Crippen molar-refractivity contribution in [3.8, 4) is 11.1 Å². The van der Waals surface area contributed by atoms with Crippen LogP contribution in [0.15, 0.2) is 35.3 Å². The van der Waals surface area contributed by atoms with Gasteiger partial charge in [-0.2, -0.15) is 0 Å². The average Bonchev–Trinajstić information content (AvgIpc) is 2.90. The van der Waals surface area contributed by atoms with Gasteiger partial charge in [-0.25, -0.2) is 0 Å². The lowest BCUT2D eigenvalue weighted by atomic mass is 9.85. The van der Waals surface area contributed by atoms with Gasteiger partial charge in [0.1, 0.15) is 5.69 Å². The van der Waals surface area contributed by atoms with E-state index < -0.39 is 5.91 Å². The molecule has 0 bridgehead atoms. The molecule has 1 aromatic carbocycles. The number of carbonyl (C=O) groups excluding carboxylic acids is 3. The second-order valence-electron chi connectivity index (χ2n) is 10.8. The second-order valence-corrected chi connectivity index (χ2v) is 10.8. The lowest BCUT2D eigenvalue weighted by Crippen LogP contribution is -2.37. The molecule has 1 aliphatic rings. The van der Waals surface area contributed by atoms with Crippen molar-refractivity contribution in [3.63, 3.8) is 0 Å². The van der Waals surface area contributed by atoms with Gasteiger partial charge in [-0.05, 0) is 92.8 Å². The van der Waals surface area contributed by atoms with Crippen molar-refractivity contribution in [3.05, 3.63) is 80.0 Å². The fourth-order valence-corrected chi connectivity index (χ4v) is 5.73. The number of nitrogens with zero attached hydrogens (tertiary/aromatic N) is 1. The van der Waals surface area contributed by atoms with Crippen LogP contribution in [0, 0.1) is 26.7 Å². The molecule has 9 nitrogen and oxygen atoms in total. The number of primary amides is 1. The number of rotatable bonds is 9. The Kier molecular flexibility index (Phi) is 8.82. The van der Waals surface area contributed by atoms with Crippen molar-refractivity contribution in [1.29, 1.82) is 0 Å². The van der Waals surface area contributed by atoms with Gasteiger partial charge in [-0.1, -0.05) is 6.07 Å². The van der Waals surface area contributed by atoms with Gasteiger partial charge in [0.25, 0.3) is 5.56 Å². The van der Waals surface area contributed by atoms with Gasteiger partial charge < -0.3 is 21.4 Å². The summed E-state index contributed by atoms with van der Waals surface area (Å²) in [4.78, 5) is 55.4. The third-order valence-electron chi connectivity index (χ3n) is 7.85. The first-order chi connectivity index (χ1) is 19.1. The van der Waals surface area contributed by atoms with Crippen molar-refractivity contribution in [1.82, 2.24) is 15.3 Å². The van der Waals surface area contributed by atoms with Crippen LogP contribution in [0.4, 0.5) is 5.69 Å². The molecule has 4 rings (SSSR count). The number of aldehydes is 1. The Bertz CT molecular complexity index is 1490. The van der Waals surface area contributed by atoms with Crippen LogP contribution < -0.4 is 21.9 Å². The Morgan fingerprint density at radius 3 is 2.40 bits per heavy atom. The number of aromatic nitrogens is 2. The van der Waals surface area contributed by atoms with Gasteiger partial charge >= 0.3 is 0 Å². The maximum atomic E-state index is 13.0. The summed E-state index contributed by atoms with van der Waals surface area (Å²) in [5.41, 5.74) is 12.4. The molecule has 1 aliphatic carbocycles. The number of hydrogen-bond acceptors (Lipinski definition) is 6. The van der Waals surface area contributed by atoms with Crippen molar-refractivity contribution in [2.45, 2.75) is 65.8 Å². The van der Waals surface area contributed by atoms with E-state index in [-0.39, 0.29) is 17.5 Å². The summed E-state index contributed by atoms with van der Waals surface area (Å²) in [5, 5.41) is 6.64. The first-order valence-corrected chi connectivity index (χ1v) is 13.7. The quantitative estimate of drug-likeness (QED) is 0.300. The Morgan fingerprint density at radius 2 is 1.82 bits per heavy atom. The molecule has 0 aliphatic heterocycles. The number of hydrogen-bond donors (Lipinski definition) is 4. The Hall–Kier alpha value is -4.27. The number of carbonyl (C=O) groups is 3. The number of anilines is 1. The van der Waals surface area contributed by atoms with E-state index in [0.717, 1.165) is 59.3 Å². The topological polar surface area (TPSA) is 147 Å². The first kappa shape index (κ1) is 28.7. The fourth-order valence-electron chi connectivity index (χ4n) is 5.73. The van der Waals surface area contributed by atoms with E-state index in [9.17, 15) is 19.2 Å². The molecular weight excluding hydrogens is 506 g/mol. The molecule has 2 amide bonds. The summed E-state index contributed by atoms with van der Waals surface area (Å²) >= 11 is 0. The van der Waals surface area contributed by atoms with Gasteiger partial charge in [0.2, 0.25) is 11.8 Å². The number of aromatic amines is 1. The molecule has 9 heteroatoms. The van der Waals surface area contributed by atoms with Crippen LogP contribution in [-0.2, 0) is 11.2 Å². The van der Waals surface area contributed by atoms with Crippen molar-refractivity contribution < 1.29 is 14.4 Å². The van der Waals surface area contributed by atoms with Gasteiger partial charge in [-0.15, -0.1) is 0 Å². The average molecular weight is 544 g/mol. The monoisotopic (exact) mass is 543 g/mol. The molecule has 2 aromatic heterocycles. The molecule has 1 fully saturated rings. The summed E-state index contributed by atoms with van der Waals surface area (Å²) < 4.78 is 0. The molecule has 0 unspecified atom stereocenters. The number of aryl methyl sites for hydroxylation is 2. The van der Waals surface area contributed by atoms with E-state index in [0.29, 0.717) is 47.6 Å². The summed E-state index contributed by atoms with van der Waals surface area (Å²) in [7, 11) is 0. The van der Waals surface area contributed by atoms with E-state index in [1.54, 1.807) is 31.3 Å². The molecular formula is C31H37N5O4. The van der Waals surface area contributed by atoms with Crippen LogP contribution >= 0.6 is 0 Å². The molecule has 40 heavy (non-hydrogen) atoms. The van der Waals surface area contributed by atoms with Crippen LogP contribution in [0.1, 0.15) is 81.4 Å². The van der Waals surface area contributed by atoms with Crippen molar-refractivity contribution in [2.24, 2.45) is 11.7 Å². The van der Waals surface area contributed by atoms with Crippen LogP contribution in [0.25, 0.3) is 11.1 Å². The fraction of sp³-hybridized carbons (Fsp3) is 0.387. The molecule has 2 heterocycles. The number of H-pyrrole nitrogens is 1. The number of amides is 2. The number of pyridine rings is 2. The zero-order chi connectivity index (χ0) is 29.0. The number of nitrogens with one attached hydrogen (secondary N) is 3. The lowest BCUT2D eigenvalue weighted by molar-refractivity contribution is -0.119. The minimum Gasteiger partial charge on any atom is -0.384 e. The Balaban J connectivity index is 1.78. The van der Waals surface area contributed by atoms with Crippen LogP contribution in [-0.4, -0.2) is 40.7 Å². The van der Waals surface area contributed by atoms with E-state index in [4.69, 9.17) is 5.73 Å². The molecule has 3 aromatic rings. The molecule has 0 spiro atoms. The third-order valence-corrected chi connectivity index (χ3v) is 7.85. The third kappa shape index (κ3) is 6.47. The first-order valence-electron chi connectivity index (χ1n) is 13.7. The summed E-state index contributed by atoms with van der Waals surface area (Å²) in [5.74, 6) is -0.170. The van der Waals surface area contributed by atoms with E-state index >= 15 is 0 Å². The van der Waals surface area contributed by atoms with Gasteiger partial charge in [0.05, 0.1) is 0 Å². The second kappa shape index (κ2) is 12.3. The minimum atomic E-state index is -0.550. The van der Waals surface area contributed by atoms with Gasteiger partial charge in [-0.3, -0.25) is 24.2 Å². The lowest BCUT2D eigenvalue weighted by Gasteiger charge is -2.30. The molecule has 0 radical (unpaired) electrons. The van der Waals surface area contributed by atoms with Crippen molar-refractivity contribution in [2.75, 3.05) is 11.9 Å². The van der Waals surface area contributed by atoms with E-state index in [2.05, 4.69) is 20.6 Å². The van der Waals surface area contributed by atoms with Gasteiger partial charge in [0, 0.05) is 60.2 Å². The summed E-state index contributed by atoms with van der Waals surface area (Å²) in [6.07, 6.45) is 6.35. The van der Waals surface area contributed by atoms with E-state index in [1.165, 1.54) is 0 Å². The highest BCUT2D eigenvalue weighted by molar-refractivity contribution is 5.98. The largest absolute Gasteiger partial charge is 0.384 e. The standard InChI is InChI=1S/C31H37N5O4/c1-17-11-18(2)35-31(40)25(17)12-28-27(22-7-10-24(16-37)33-15-22)13-26(30(32)39)19(3)29(28)34-14-21-5-8-23(9-6-21)36-20(4)38/h7,10-11,13,15-16,21,23,34H,5-6,8-9,12,14H2,1-4H3,(H2,32,39)(H,35,40)(H,36,38). The number of benzene rings is 1. The predicted molar refractivity (Wildman–Crippen MR) is 156 cm³/mol. The highest BCUT2D eigenvalue weighted by Crippen LogP contribution is 2.37. The minimum absolute atomic E-state index is 0.00492. The van der Waals surface area contributed by atoms with Crippen LogP contribution in [0.2, 0.25) is 0 Å². The van der Waals surface area contributed by atoms with Crippen molar-refractivity contribution >= 4 is 23.8 Å².